The van der Waals surface area contributed by atoms with E-state index in [1.807, 2.05) is 39.0 Å². The van der Waals surface area contributed by atoms with Gasteiger partial charge in [0.1, 0.15) is 0 Å². The molecule has 0 heterocycles. The lowest BCUT2D eigenvalue weighted by Gasteiger charge is -2.08. The number of benzene rings is 1. The smallest absolute Gasteiger partial charge is 0.271 e. The van der Waals surface area contributed by atoms with Gasteiger partial charge in [0.05, 0.1) is 6.10 Å². The van der Waals surface area contributed by atoms with Crippen LogP contribution in [-0.4, -0.2) is 12.0 Å². The van der Waals surface area contributed by atoms with Crippen molar-refractivity contribution in [2.45, 2.75) is 26.9 Å². The zero-order chi connectivity index (χ0) is 10.6. The molecule has 1 amide bonds. The van der Waals surface area contributed by atoms with Gasteiger partial charge in [0.2, 0.25) is 0 Å². The summed E-state index contributed by atoms with van der Waals surface area (Å²) in [6, 6.07) is 7.37. The predicted octanol–water partition coefficient (Wildman–Crippen LogP) is 2.06. The molecule has 0 saturated carbocycles. The van der Waals surface area contributed by atoms with Crippen molar-refractivity contribution < 1.29 is 9.63 Å². The summed E-state index contributed by atoms with van der Waals surface area (Å²) in [7, 11) is 0. The van der Waals surface area contributed by atoms with Gasteiger partial charge in [0, 0.05) is 5.56 Å². The standard InChI is InChI=1S/C11H15NO2/c1-8(2)14-12-11(13)10-6-4-5-9(3)7-10/h4-8H,1-3H3,(H,12,13). The third-order valence-corrected chi connectivity index (χ3v) is 1.67. The number of hydrogen-bond acceptors (Lipinski definition) is 2. The summed E-state index contributed by atoms with van der Waals surface area (Å²) in [6.45, 7) is 5.66. The highest BCUT2D eigenvalue weighted by Gasteiger charge is 2.05. The Balaban J connectivity index is 2.61. The third-order valence-electron chi connectivity index (χ3n) is 1.67. The largest absolute Gasteiger partial charge is 0.274 e. The van der Waals surface area contributed by atoms with Crippen LogP contribution in [0.15, 0.2) is 24.3 Å². The van der Waals surface area contributed by atoms with Crippen molar-refractivity contribution in [3.8, 4) is 0 Å². The summed E-state index contributed by atoms with van der Waals surface area (Å²) < 4.78 is 0. The molecule has 1 aromatic rings. The van der Waals surface area contributed by atoms with E-state index in [-0.39, 0.29) is 12.0 Å². The number of rotatable bonds is 3. The lowest BCUT2D eigenvalue weighted by molar-refractivity contribution is 0.000186. The first-order valence-corrected chi connectivity index (χ1v) is 4.62. The van der Waals surface area contributed by atoms with E-state index in [2.05, 4.69) is 5.48 Å². The molecule has 0 unspecified atom stereocenters. The zero-order valence-corrected chi connectivity index (χ0v) is 8.70. The average molecular weight is 193 g/mol. The van der Waals surface area contributed by atoms with Gasteiger partial charge in [0.15, 0.2) is 0 Å². The number of hydroxylamine groups is 1. The van der Waals surface area contributed by atoms with Crippen LogP contribution in [0.2, 0.25) is 0 Å². The van der Waals surface area contributed by atoms with E-state index in [1.165, 1.54) is 0 Å². The highest BCUT2D eigenvalue weighted by Crippen LogP contribution is 2.03. The van der Waals surface area contributed by atoms with E-state index in [0.717, 1.165) is 5.56 Å². The number of aryl methyl sites for hydroxylation is 1. The Morgan fingerprint density at radius 2 is 2.14 bits per heavy atom. The van der Waals surface area contributed by atoms with Crippen LogP contribution < -0.4 is 5.48 Å². The SMILES string of the molecule is Cc1cccc(C(=O)NOC(C)C)c1. The normalized spacial score (nSPS) is 10.3. The van der Waals surface area contributed by atoms with Crippen LogP contribution in [0, 0.1) is 6.92 Å². The van der Waals surface area contributed by atoms with E-state index in [1.54, 1.807) is 6.07 Å². The monoisotopic (exact) mass is 193 g/mol. The van der Waals surface area contributed by atoms with Crippen LogP contribution in [0.4, 0.5) is 0 Å². The quantitative estimate of drug-likeness (QED) is 0.746. The maximum absolute atomic E-state index is 11.5. The van der Waals surface area contributed by atoms with Crippen LogP contribution in [0.5, 0.6) is 0 Å². The molecule has 3 nitrogen and oxygen atoms in total. The minimum absolute atomic E-state index is 0.0104. The highest BCUT2D eigenvalue weighted by atomic mass is 16.7. The number of carbonyl (C=O) groups is 1. The van der Waals surface area contributed by atoms with Crippen molar-refractivity contribution >= 4 is 5.91 Å². The second-order valence-corrected chi connectivity index (χ2v) is 3.47. The first kappa shape index (κ1) is 10.7. The fourth-order valence-electron chi connectivity index (χ4n) is 1.02. The molecule has 0 aliphatic heterocycles. The van der Waals surface area contributed by atoms with Gasteiger partial charge in [-0.15, -0.1) is 0 Å². The Kier molecular flexibility index (Phi) is 3.65. The summed E-state index contributed by atoms with van der Waals surface area (Å²) in [5.41, 5.74) is 4.06. The third kappa shape index (κ3) is 3.18. The molecular weight excluding hydrogens is 178 g/mol. The Hall–Kier alpha value is -1.35. The summed E-state index contributed by atoms with van der Waals surface area (Å²) in [6.07, 6.45) is -0.0104. The molecule has 0 fully saturated rings. The van der Waals surface area contributed by atoms with Gasteiger partial charge in [0.25, 0.3) is 5.91 Å². The van der Waals surface area contributed by atoms with Crippen molar-refractivity contribution in [2.75, 3.05) is 0 Å². The van der Waals surface area contributed by atoms with Gasteiger partial charge in [-0.2, -0.15) is 0 Å². The van der Waals surface area contributed by atoms with E-state index in [9.17, 15) is 4.79 Å². The van der Waals surface area contributed by atoms with Crippen molar-refractivity contribution in [3.63, 3.8) is 0 Å². The summed E-state index contributed by atoms with van der Waals surface area (Å²) >= 11 is 0. The van der Waals surface area contributed by atoms with E-state index >= 15 is 0 Å². The van der Waals surface area contributed by atoms with Crippen LogP contribution >= 0.6 is 0 Å². The number of amides is 1. The van der Waals surface area contributed by atoms with Crippen molar-refractivity contribution in [1.82, 2.24) is 5.48 Å². The van der Waals surface area contributed by atoms with Crippen LogP contribution in [-0.2, 0) is 4.84 Å². The summed E-state index contributed by atoms with van der Waals surface area (Å²) in [4.78, 5) is 16.5. The van der Waals surface area contributed by atoms with Crippen molar-refractivity contribution in [2.24, 2.45) is 0 Å². The molecule has 3 heteroatoms. The first-order valence-electron chi connectivity index (χ1n) is 4.62. The van der Waals surface area contributed by atoms with E-state index in [0.29, 0.717) is 5.56 Å². The van der Waals surface area contributed by atoms with Crippen molar-refractivity contribution in [3.05, 3.63) is 35.4 Å². The molecule has 1 rings (SSSR count). The lowest BCUT2D eigenvalue weighted by Crippen LogP contribution is -2.26. The Morgan fingerprint density at radius 3 is 2.71 bits per heavy atom. The number of nitrogens with one attached hydrogen (secondary N) is 1. The van der Waals surface area contributed by atoms with Gasteiger partial charge in [-0.05, 0) is 32.9 Å². The minimum atomic E-state index is -0.206. The first-order chi connectivity index (χ1) is 6.59. The summed E-state index contributed by atoms with van der Waals surface area (Å²) in [5.74, 6) is -0.206. The molecule has 14 heavy (non-hydrogen) atoms. The van der Waals surface area contributed by atoms with Crippen molar-refractivity contribution in [1.29, 1.82) is 0 Å². The summed E-state index contributed by atoms with van der Waals surface area (Å²) in [5, 5.41) is 0. The van der Waals surface area contributed by atoms with Crippen LogP contribution in [0.3, 0.4) is 0 Å². The molecule has 0 bridgehead atoms. The molecule has 0 aliphatic carbocycles. The molecule has 1 aromatic carbocycles. The fraction of sp³-hybridized carbons (Fsp3) is 0.364. The van der Waals surface area contributed by atoms with Gasteiger partial charge in [-0.1, -0.05) is 17.7 Å². The lowest BCUT2D eigenvalue weighted by atomic mass is 10.1. The highest BCUT2D eigenvalue weighted by molar-refractivity contribution is 5.93. The fourth-order valence-corrected chi connectivity index (χ4v) is 1.02. The molecule has 0 aliphatic rings. The topological polar surface area (TPSA) is 38.3 Å². The molecule has 1 N–H and O–H groups in total. The molecule has 0 aromatic heterocycles. The van der Waals surface area contributed by atoms with Crippen LogP contribution in [0.1, 0.15) is 29.8 Å². The molecule has 0 saturated heterocycles. The Labute approximate surface area is 84.0 Å². The average Bonchev–Trinajstić information content (AvgIpc) is 2.14. The van der Waals surface area contributed by atoms with E-state index in [4.69, 9.17) is 4.84 Å². The van der Waals surface area contributed by atoms with Gasteiger partial charge >= 0.3 is 0 Å². The van der Waals surface area contributed by atoms with E-state index < -0.39 is 0 Å². The minimum Gasteiger partial charge on any atom is -0.271 e. The second kappa shape index (κ2) is 4.77. The second-order valence-electron chi connectivity index (χ2n) is 3.47. The zero-order valence-electron chi connectivity index (χ0n) is 8.70. The Bertz CT molecular complexity index is 321. The molecular formula is C11H15NO2. The molecule has 0 atom stereocenters. The molecule has 0 spiro atoms. The molecule has 76 valence electrons. The number of hydrogen-bond donors (Lipinski definition) is 1. The Morgan fingerprint density at radius 1 is 1.43 bits per heavy atom. The van der Waals surface area contributed by atoms with Gasteiger partial charge in [-0.3, -0.25) is 9.63 Å². The maximum atomic E-state index is 11.5. The van der Waals surface area contributed by atoms with Gasteiger partial charge < -0.3 is 0 Å². The van der Waals surface area contributed by atoms with Gasteiger partial charge in [-0.25, -0.2) is 5.48 Å². The predicted molar refractivity (Wildman–Crippen MR) is 54.9 cm³/mol. The number of carbonyl (C=O) groups excluding carboxylic acids is 1. The molecule has 0 radical (unpaired) electrons. The van der Waals surface area contributed by atoms with Crippen LogP contribution in [0.25, 0.3) is 0 Å². The maximum Gasteiger partial charge on any atom is 0.274 e.